The Morgan fingerprint density at radius 1 is 0.943 bits per heavy atom. The van der Waals surface area contributed by atoms with Gasteiger partial charge in [-0.25, -0.2) is 8.42 Å². The highest BCUT2D eigenvalue weighted by molar-refractivity contribution is 7.89. The van der Waals surface area contributed by atoms with Gasteiger partial charge in [-0.3, -0.25) is 9.69 Å². The van der Waals surface area contributed by atoms with Crippen LogP contribution >= 0.6 is 0 Å². The standard InChI is InChI=1S/C27H34N4O3S/c1-21-16-22(2)19-31(18-21)35(33,34)26-10-8-25(9-11-26)27(32)30-13-3-12-29(14-15-30)20-24-6-4-23(17-28)5-7-24/h4-11,21-22H,3,12-16,18-20H2,1-2H3/t21-,22-/m0/s1. The van der Waals surface area contributed by atoms with Crippen LogP contribution in [0.2, 0.25) is 0 Å². The second-order valence-corrected chi connectivity index (χ2v) is 12.0. The van der Waals surface area contributed by atoms with Gasteiger partial charge in [0.2, 0.25) is 10.0 Å². The number of hydrogen-bond donors (Lipinski definition) is 0. The highest BCUT2D eigenvalue weighted by atomic mass is 32.2. The average Bonchev–Trinajstić information content (AvgIpc) is 3.09. The van der Waals surface area contributed by atoms with E-state index in [1.165, 1.54) is 0 Å². The van der Waals surface area contributed by atoms with Gasteiger partial charge in [-0.15, -0.1) is 0 Å². The first-order valence-electron chi connectivity index (χ1n) is 12.4. The summed E-state index contributed by atoms with van der Waals surface area (Å²) in [5.74, 6) is 0.622. The molecule has 1 amide bonds. The van der Waals surface area contributed by atoms with Crippen LogP contribution in [0.1, 0.15) is 48.2 Å². The van der Waals surface area contributed by atoms with Crippen molar-refractivity contribution >= 4 is 15.9 Å². The smallest absolute Gasteiger partial charge is 0.253 e. The molecule has 0 N–H and O–H groups in total. The van der Waals surface area contributed by atoms with E-state index in [0.29, 0.717) is 49.1 Å². The van der Waals surface area contributed by atoms with E-state index in [1.54, 1.807) is 28.6 Å². The van der Waals surface area contributed by atoms with Crippen molar-refractivity contribution in [1.29, 1.82) is 5.26 Å². The molecular formula is C27H34N4O3S. The van der Waals surface area contributed by atoms with Gasteiger partial charge in [0.25, 0.3) is 5.91 Å². The highest BCUT2D eigenvalue weighted by Crippen LogP contribution is 2.27. The first kappa shape index (κ1) is 25.4. The summed E-state index contributed by atoms with van der Waals surface area (Å²) in [4.78, 5) is 17.6. The van der Waals surface area contributed by atoms with Gasteiger partial charge in [0.1, 0.15) is 0 Å². The first-order chi connectivity index (χ1) is 16.8. The van der Waals surface area contributed by atoms with E-state index in [2.05, 4.69) is 24.8 Å². The maximum atomic E-state index is 13.2. The molecule has 0 unspecified atom stereocenters. The minimum atomic E-state index is -3.56. The van der Waals surface area contributed by atoms with Crippen LogP contribution in [-0.4, -0.2) is 67.7 Å². The molecule has 2 heterocycles. The van der Waals surface area contributed by atoms with E-state index < -0.39 is 10.0 Å². The molecule has 186 valence electrons. The molecule has 2 aromatic carbocycles. The van der Waals surface area contributed by atoms with Crippen molar-refractivity contribution in [1.82, 2.24) is 14.1 Å². The van der Waals surface area contributed by atoms with E-state index in [0.717, 1.165) is 38.0 Å². The third kappa shape index (κ3) is 6.10. The summed E-state index contributed by atoms with van der Waals surface area (Å²) in [5.41, 5.74) is 2.32. The van der Waals surface area contributed by atoms with Gasteiger partial charge < -0.3 is 4.90 Å². The molecule has 2 aliphatic rings. The van der Waals surface area contributed by atoms with Crippen molar-refractivity contribution < 1.29 is 13.2 Å². The minimum Gasteiger partial charge on any atom is -0.337 e. The van der Waals surface area contributed by atoms with Crippen LogP contribution in [0.15, 0.2) is 53.4 Å². The fourth-order valence-electron chi connectivity index (χ4n) is 5.18. The molecule has 35 heavy (non-hydrogen) atoms. The summed E-state index contributed by atoms with van der Waals surface area (Å²) in [6.45, 7) is 9.01. The maximum absolute atomic E-state index is 13.2. The normalized spacial score (nSPS) is 22.4. The lowest BCUT2D eigenvalue weighted by atomic mass is 9.94. The number of amides is 1. The fraction of sp³-hybridized carbons (Fsp3) is 0.481. The van der Waals surface area contributed by atoms with Crippen LogP contribution in [0.3, 0.4) is 0 Å². The van der Waals surface area contributed by atoms with Gasteiger partial charge >= 0.3 is 0 Å². The molecule has 2 atom stereocenters. The zero-order valence-electron chi connectivity index (χ0n) is 20.6. The van der Waals surface area contributed by atoms with Crippen molar-refractivity contribution in [2.45, 2.75) is 38.1 Å². The predicted molar refractivity (Wildman–Crippen MR) is 135 cm³/mol. The number of benzene rings is 2. The van der Waals surface area contributed by atoms with Crippen LogP contribution in [0.25, 0.3) is 0 Å². The summed E-state index contributed by atoms with van der Waals surface area (Å²) < 4.78 is 27.9. The van der Waals surface area contributed by atoms with Gasteiger partial charge in [0.05, 0.1) is 16.5 Å². The van der Waals surface area contributed by atoms with Crippen molar-refractivity contribution in [2.75, 3.05) is 39.3 Å². The third-order valence-corrected chi connectivity index (χ3v) is 8.79. The van der Waals surface area contributed by atoms with Crippen molar-refractivity contribution in [2.24, 2.45) is 11.8 Å². The van der Waals surface area contributed by atoms with Crippen LogP contribution in [0.4, 0.5) is 0 Å². The zero-order valence-corrected chi connectivity index (χ0v) is 21.4. The third-order valence-electron chi connectivity index (χ3n) is 6.94. The average molecular weight is 495 g/mol. The molecule has 8 heteroatoms. The quantitative estimate of drug-likeness (QED) is 0.634. The van der Waals surface area contributed by atoms with Gasteiger partial charge in [0, 0.05) is 51.4 Å². The molecule has 0 aromatic heterocycles. The number of rotatable bonds is 5. The molecule has 2 saturated heterocycles. The Morgan fingerprint density at radius 3 is 2.23 bits per heavy atom. The highest BCUT2D eigenvalue weighted by Gasteiger charge is 2.32. The Bertz CT molecular complexity index is 1160. The van der Waals surface area contributed by atoms with E-state index in [4.69, 9.17) is 5.26 Å². The molecule has 2 aromatic rings. The summed E-state index contributed by atoms with van der Waals surface area (Å²) in [6.07, 6.45) is 1.92. The monoisotopic (exact) mass is 494 g/mol. The second kappa shape index (κ2) is 10.9. The topological polar surface area (TPSA) is 84.7 Å². The molecule has 4 rings (SSSR count). The summed E-state index contributed by atoms with van der Waals surface area (Å²) in [7, 11) is -3.56. The van der Waals surface area contributed by atoms with Crippen molar-refractivity contribution in [3.63, 3.8) is 0 Å². The van der Waals surface area contributed by atoms with Gasteiger partial charge in [-0.2, -0.15) is 9.57 Å². The first-order valence-corrected chi connectivity index (χ1v) is 13.8. The van der Waals surface area contributed by atoms with Crippen LogP contribution < -0.4 is 0 Å². The largest absolute Gasteiger partial charge is 0.337 e. The maximum Gasteiger partial charge on any atom is 0.253 e. The summed E-state index contributed by atoms with van der Waals surface area (Å²) in [6, 6.07) is 16.2. The summed E-state index contributed by atoms with van der Waals surface area (Å²) >= 11 is 0. The Morgan fingerprint density at radius 2 is 1.60 bits per heavy atom. The summed E-state index contributed by atoms with van der Waals surface area (Å²) in [5, 5.41) is 8.97. The molecule has 2 fully saturated rings. The van der Waals surface area contributed by atoms with E-state index in [-0.39, 0.29) is 10.8 Å². The Hall–Kier alpha value is -2.73. The van der Waals surface area contributed by atoms with Crippen LogP contribution in [-0.2, 0) is 16.6 Å². The van der Waals surface area contributed by atoms with Crippen LogP contribution in [0, 0.1) is 23.2 Å². The number of nitriles is 1. The van der Waals surface area contributed by atoms with Crippen LogP contribution in [0.5, 0.6) is 0 Å². The molecule has 7 nitrogen and oxygen atoms in total. The molecule has 0 saturated carbocycles. The van der Waals surface area contributed by atoms with Crippen molar-refractivity contribution in [3.05, 3.63) is 65.2 Å². The van der Waals surface area contributed by atoms with Gasteiger partial charge in [-0.1, -0.05) is 26.0 Å². The number of sulfonamides is 1. The predicted octanol–water partition coefficient (Wildman–Crippen LogP) is 3.57. The van der Waals surface area contributed by atoms with E-state index in [9.17, 15) is 13.2 Å². The molecule has 2 aliphatic heterocycles. The number of piperidine rings is 1. The minimum absolute atomic E-state index is 0.0608. The van der Waals surface area contributed by atoms with Gasteiger partial charge in [-0.05, 0) is 66.6 Å². The molecule has 0 spiro atoms. The molecule has 0 bridgehead atoms. The lowest BCUT2D eigenvalue weighted by molar-refractivity contribution is 0.0761. The van der Waals surface area contributed by atoms with Crippen molar-refractivity contribution in [3.8, 4) is 6.07 Å². The fourth-order valence-corrected chi connectivity index (χ4v) is 6.86. The lowest BCUT2D eigenvalue weighted by Gasteiger charge is -2.34. The Labute approximate surface area is 209 Å². The zero-order chi connectivity index (χ0) is 25.0. The lowest BCUT2D eigenvalue weighted by Crippen LogP contribution is -2.42. The molecular weight excluding hydrogens is 460 g/mol. The number of hydrogen-bond acceptors (Lipinski definition) is 5. The second-order valence-electron chi connectivity index (χ2n) is 10.0. The Kier molecular flexibility index (Phi) is 7.90. The van der Waals surface area contributed by atoms with E-state index >= 15 is 0 Å². The number of nitrogens with zero attached hydrogens (tertiary/aromatic N) is 4. The number of carbonyl (C=O) groups is 1. The number of carbonyl (C=O) groups excluding carboxylic acids is 1. The molecule has 0 aliphatic carbocycles. The Balaban J connectivity index is 1.37. The SMILES string of the molecule is C[C@H]1C[C@H](C)CN(S(=O)(=O)c2ccc(C(=O)N3CCCN(Cc4ccc(C#N)cc4)CC3)cc2)C1. The van der Waals surface area contributed by atoms with E-state index in [1.807, 2.05) is 29.2 Å². The molecule has 0 radical (unpaired) electrons. The van der Waals surface area contributed by atoms with Gasteiger partial charge in [0.15, 0.2) is 0 Å².